The number of para-hydroxylation sites is 1. The molecule has 0 aromatic heterocycles. The van der Waals surface area contributed by atoms with Crippen LogP contribution in [0.25, 0.3) is 0 Å². The Balaban J connectivity index is 2.55. The maximum Gasteiger partial charge on any atom is 0.251 e. The summed E-state index contributed by atoms with van der Waals surface area (Å²) < 4.78 is 48.0. The van der Waals surface area contributed by atoms with E-state index in [9.17, 15) is 16.8 Å². The summed E-state index contributed by atoms with van der Waals surface area (Å²) in [6.07, 6.45) is 1.96. The third-order valence-electron chi connectivity index (χ3n) is 2.44. The fourth-order valence-corrected chi connectivity index (χ4v) is 5.38. The zero-order valence-electron chi connectivity index (χ0n) is 9.28. The SMILES string of the molecule is CS(=O)(=O)N(c1ccccc1)S(=O)(=O)C1CC1. The molecule has 0 saturated heterocycles. The van der Waals surface area contributed by atoms with Crippen molar-refractivity contribution in [1.82, 2.24) is 0 Å². The molecule has 0 heterocycles. The highest BCUT2D eigenvalue weighted by atomic mass is 32.3. The molecule has 94 valence electrons. The van der Waals surface area contributed by atoms with Crippen molar-refractivity contribution in [3.8, 4) is 0 Å². The van der Waals surface area contributed by atoms with E-state index in [-0.39, 0.29) is 5.69 Å². The largest absolute Gasteiger partial charge is 0.251 e. The van der Waals surface area contributed by atoms with Gasteiger partial charge in [0.15, 0.2) is 0 Å². The lowest BCUT2D eigenvalue weighted by Crippen LogP contribution is -2.38. The van der Waals surface area contributed by atoms with Crippen LogP contribution in [0.2, 0.25) is 0 Å². The van der Waals surface area contributed by atoms with Gasteiger partial charge in [-0.2, -0.15) is 3.71 Å². The van der Waals surface area contributed by atoms with Crippen molar-refractivity contribution in [2.45, 2.75) is 18.1 Å². The summed E-state index contributed by atoms with van der Waals surface area (Å²) in [4.78, 5) is 0. The number of benzene rings is 1. The molecule has 2 rings (SSSR count). The van der Waals surface area contributed by atoms with Gasteiger partial charge in [-0.25, -0.2) is 16.8 Å². The lowest BCUT2D eigenvalue weighted by Gasteiger charge is -2.21. The van der Waals surface area contributed by atoms with Gasteiger partial charge in [0, 0.05) is 0 Å². The normalized spacial score (nSPS) is 16.8. The predicted molar refractivity (Wildman–Crippen MR) is 65.7 cm³/mol. The van der Waals surface area contributed by atoms with Crippen LogP contribution in [0.3, 0.4) is 0 Å². The van der Waals surface area contributed by atoms with Gasteiger partial charge in [-0.15, -0.1) is 0 Å². The molecule has 0 aliphatic heterocycles. The first-order valence-corrected chi connectivity index (χ1v) is 8.48. The minimum absolute atomic E-state index is 0.168. The predicted octanol–water partition coefficient (Wildman–Crippen LogP) is 0.945. The summed E-state index contributed by atoms with van der Waals surface area (Å²) in [5.41, 5.74) is 0.168. The number of hydrogen-bond donors (Lipinski definition) is 0. The van der Waals surface area contributed by atoms with Crippen LogP contribution in [0, 0.1) is 0 Å². The molecule has 0 N–H and O–H groups in total. The summed E-state index contributed by atoms with van der Waals surface area (Å²) in [7, 11) is -7.63. The van der Waals surface area contributed by atoms with Crippen LogP contribution >= 0.6 is 0 Å². The molecule has 0 amide bonds. The zero-order valence-corrected chi connectivity index (χ0v) is 10.9. The molecular weight excluding hydrogens is 262 g/mol. The third-order valence-corrected chi connectivity index (χ3v) is 6.68. The molecule has 1 saturated carbocycles. The van der Waals surface area contributed by atoms with E-state index in [0.29, 0.717) is 16.6 Å². The van der Waals surface area contributed by atoms with E-state index < -0.39 is 25.3 Å². The number of anilines is 1. The van der Waals surface area contributed by atoms with Crippen molar-refractivity contribution in [3.63, 3.8) is 0 Å². The van der Waals surface area contributed by atoms with Gasteiger partial charge in [0.2, 0.25) is 10.0 Å². The minimum Gasteiger partial charge on any atom is -0.206 e. The molecule has 1 fully saturated rings. The molecule has 1 aromatic rings. The second-order valence-corrected chi connectivity index (χ2v) is 8.16. The highest BCUT2D eigenvalue weighted by Gasteiger charge is 2.44. The molecular formula is C10H13NO4S2. The molecule has 1 aliphatic rings. The topological polar surface area (TPSA) is 71.5 Å². The molecule has 0 spiro atoms. The summed E-state index contributed by atoms with van der Waals surface area (Å²) >= 11 is 0. The van der Waals surface area contributed by atoms with Gasteiger partial charge in [-0.1, -0.05) is 18.2 Å². The molecule has 0 bridgehead atoms. The van der Waals surface area contributed by atoms with Crippen molar-refractivity contribution in [1.29, 1.82) is 0 Å². The van der Waals surface area contributed by atoms with Crippen LogP contribution < -0.4 is 3.71 Å². The lowest BCUT2D eigenvalue weighted by atomic mass is 10.3. The van der Waals surface area contributed by atoms with Gasteiger partial charge in [-0.3, -0.25) is 0 Å². The van der Waals surface area contributed by atoms with Gasteiger partial charge < -0.3 is 0 Å². The fraction of sp³-hybridized carbons (Fsp3) is 0.400. The smallest absolute Gasteiger partial charge is 0.206 e. The van der Waals surface area contributed by atoms with E-state index in [2.05, 4.69) is 0 Å². The molecule has 0 radical (unpaired) electrons. The highest BCUT2D eigenvalue weighted by molar-refractivity contribution is 8.10. The van der Waals surface area contributed by atoms with Crippen molar-refractivity contribution < 1.29 is 16.8 Å². The number of nitrogens with zero attached hydrogens (tertiary/aromatic N) is 1. The van der Waals surface area contributed by atoms with Crippen LogP contribution in [0.5, 0.6) is 0 Å². The van der Waals surface area contributed by atoms with E-state index in [0.717, 1.165) is 6.26 Å². The van der Waals surface area contributed by atoms with E-state index in [4.69, 9.17) is 0 Å². The first-order chi connectivity index (χ1) is 7.83. The lowest BCUT2D eigenvalue weighted by molar-refractivity contribution is 0.586. The Hall–Kier alpha value is -1.08. The van der Waals surface area contributed by atoms with Crippen LogP contribution in [0.15, 0.2) is 30.3 Å². The summed E-state index contributed by atoms with van der Waals surface area (Å²) in [6, 6.07) is 7.86. The number of sulfonamides is 2. The van der Waals surface area contributed by atoms with E-state index in [1.54, 1.807) is 18.2 Å². The monoisotopic (exact) mass is 275 g/mol. The standard InChI is InChI=1S/C10H13NO4S2/c1-16(12,13)11(9-5-3-2-4-6-9)17(14,15)10-7-8-10/h2-6,10H,7-8H2,1H3. The molecule has 5 nitrogen and oxygen atoms in total. The second-order valence-electron chi connectivity index (χ2n) is 4.04. The van der Waals surface area contributed by atoms with E-state index in [1.807, 2.05) is 0 Å². The molecule has 0 unspecified atom stereocenters. The van der Waals surface area contributed by atoms with E-state index in [1.165, 1.54) is 12.1 Å². The first-order valence-electron chi connectivity index (χ1n) is 5.13. The average molecular weight is 275 g/mol. The van der Waals surface area contributed by atoms with Crippen molar-refractivity contribution in [3.05, 3.63) is 30.3 Å². The average Bonchev–Trinajstić information content (AvgIpc) is 2.99. The van der Waals surface area contributed by atoms with Gasteiger partial charge in [-0.05, 0) is 25.0 Å². The quantitative estimate of drug-likeness (QED) is 0.820. The van der Waals surface area contributed by atoms with Crippen LogP contribution in [0.4, 0.5) is 5.69 Å². The fourth-order valence-electron chi connectivity index (χ4n) is 1.58. The Morgan fingerprint density at radius 1 is 1.06 bits per heavy atom. The van der Waals surface area contributed by atoms with E-state index >= 15 is 0 Å². The summed E-state index contributed by atoms with van der Waals surface area (Å²) in [6.45, 7) is 0. The van der Waals surface area contributed by atoms with Gasteiger partial charge in [0.25, 0.3) is 10.0 Å². The van der Waals surface area contributed by atoms with Crippen molar-refractivity contribution in [2.75, 3.05) is 9.97 Å². The summed E-state index contributed by atoms with van der Waals surface area (Å²) in [5.74, 6) is 0. The maximum absolute atomic E-state index is 12.1. The van der Waals surface area contributed by atoms with Crippen LogP contribution in [-0.4, -0.2) is 28.3 Å². The molecule has 17 heavy (non-hydrogen) atoms. The minimum atomic E-state index is -3.84. The Labute approximate surface area is 101 Å². The van der Waals surface area contributed by atoms with Crippen molar-refractivity contribution >= 4 is 25.7 Å². The van der Waals surface area contributed by atoms with Gasteiger partial charge >= 0.3 is 0 Å². The van der Waals surface area contributed by atoms with Crippen LogP contribution in [0.1, 0.15) is 12.8 Å². The first kappa shape index (κ1) is 12.4. The highest BCUT2D eigenvalue weighted by Crippen LogP contribution is 2.34. The zero-order chi connectivity index (χ0) is 12.7. The number of hydrogen-bond acceptors (Lipinski definition) is 4. The summed E-state index contributed by atoms with van der Waals surface area (Å²) in [5, 5.41) is -0.558. The Morgan fingerprint density at radius 3 is 2.00 bits per heavy atom. The second kappa shape index (κ2) is 3.99. The third kappa shape index (κ3) is 2.44. The van der Waals surface area contributed by atoms with Crippen LogP contribution in [-0.2, 0) is 20.0 Å². The Bertz CT molecular complexity index is 603. The Kier molecular flexibility index (Phi) is 2.90. The van der Waals surface area contributed by atoms with Gasteiger partial charge in [0.1, 0.15) is 0 Å². The maximum atomic E-state index is 12.1. The molecule has 1 aliphatic carbocycles. The molecule has 1 aromatic carbocycles. The van der Waals surface area contributed by atoms with Gasteiger partial charge in [0.05, 0.1) is 17.2 Å². The molecule has 0 atom stereocenters. The Morgan fingerprint density at radius 2 is 1.59 bits per heavy atom. The molecule has 7 heteroatoms. The number of rotatable bonds is 4. The van der Waals surface area contributed by atoms with Crippen molar-refractivity contribution in [2.24, 2.45) is 0 Å².